The molecule has 0 aliphatic heterocycles. The summed E-state index contributed by atoms with van der Waals surface area (Å²) in [4.78, 5) is 1.38. The van der Waals surface area contributed by atoms with E-state index in [1.165, 1.54) is 25.3 Å². The maximum atomic E-state index is 3.64. The van der Waals surface area contributed by atoms with Crippen LogP contribution in [0, 0.1) is 9.81 Å². The molecular weight excluding hydrogens is 361 g/mol. The van der Waals surface area contributed by atoms with Crippen molar-refractivity contribution in [3.05, 3.63) is 41.8 Å². The number of rotatable bonds is 5. The van der Waals surface area contributed by atoms with E-state index in [4.69, 9.17) is 0 Å². The lowest BCUT2D eigenvalue weighted by atomic mass is 10.0. The van der Waals surface area contributed by atoms with Gasteiger partial charge in [0, 0.05) is 4.88 Å². The van der Waals surface area contributed by atoms with Gasteiger partial charge in [-0.05, 0) is 76.5 Å². The number of hydrogen-bond acceptors (Lipinski definition) is 3. The van der Waals surface area contributed by atoms with Crippen LogP contribution >= 0.6 is 45.3 Å². The van der Waals surface area contributed by atoms with Gasteiger partial charge in [-0.3, -0.25) is 0 Å². The molecular formula is C13H16INS2. The van der Waals surface area contributed by atoms with E-state index in [1.54, 1.807) is 0 Å². The summed E-state index contributed by atoms with van der Waals surface area (Å²) in [5.74, 6) is 0. The lowest BCUT2D eigenvalue weighted by molar-refractivity contribution is 0.601. The summed E-state index contributed by atoms with van der Waals surface area (Å²) in [5, 5.41) is 8.18. The Balaban J connectivity index is 2.24. The van der Waals surface area contributed by atoms with Crippen molar-refractivity contribution in [2.24, 2.45) is 0 Å². The van der Waals surface area contributed by atoms with Crippen LogP contribution in [-0.4, -0.2) is 6.54 Å². The van der Waals surface area contributed by atoms with Crippen LogP contribution in [0.3, 0.4) is 0 Å². The van der Waals surface area contributed by atoms with Crippen molar-refractivity contribution < 1.29 is 0 Å². The predicted octanol–water partition coefficient (Wildman–Crippen LogP) is 4.81. The Morgan fingerprint density at radius 1 is 1.24 bits per heavy atom. The van der Waals surface area contributed by atoms with E-state index < -0.39 is 0 Å². The van der Waals surface area contributed by atoms with E-state index in [0.29, 0.717) is 6.04 Å². The van der Waals surface area contributed by atoms with Crippen LogP contribution in [0.4, 0.5) is 0 Å². The standard InChI is InChI=1S/C13H16INS2/c1-3-4-15-13(10-5-9(2)16-7-10)11-6-12(14)17-8-11/h5-8,13,15H,3-4H2,1-2H3. The van der Waals surface area contributed by atoms with E-state index in [1.807, 2.05) is 22.7 Å². The fourth-order valence-corrected chi connectivity index (χ4v) is 3.93. The highest BCUT2D eigenvalue weighted by molar-refractivity contribution is 14.1. The molecule has 0 radical (unpaired) electrons. The average molecular weight is 377 g/mol. The average Bonchev–Trinajstić information content (AvgIpc) is 2.89. The summed E-state index contributed by atoms with van der Waals surface area (Å²) >= 11 is 6.04. The minimum absolute atomic E-state index is 0.361. The van der Waals surface area contributed by atoms with E-state index in [0.717, 1.165) is 6.54 Å². The van der Waals surface area contributed by atoms with Gasteiger partial charge >= 0.3 is 0 Å². The van der Waals surface area contributed by atoms with Gasteiger partial charge in [-0.1, -0.05) is 6.92 Å². The molecule has 0 aliphatic carbocycles. The van der Waals surface area contributed by atoms with Crippen molar-refractivity contribution in [1.29, 1.82) is 0 Å². The Bertz CT molecular complexity index is 435. The Morgan fingerprint density at radius 3 is 2.47 bits per heavy atom. The highest BCUT2D eigenvalue weighted by Crippen LogP contribution is 2.29. The molecule has 0 aliphatic rings. The van der Waals surface area contributed by atoms with Crippen LogP contribution in [0.5, 0.6) is 0 Å². The second-order valence-corrected chi connectivity index (χ2v) is 7.98. The first-order valence-electron chi connectivity index (χ1n) is 5.73. The lowest BCUT2D eigenvalue weighted by Gasteiger charge is -2.16. The van der Waals surface area contributed by atoms with Gasteiger partial charge in [0.25, 0.3) is 0 Å². The Kier molecular flexibility index (Phi) is 5.02. The molecule has 0 aromatic carbocycles. The van der Waals surface area contributed by atoms with Gasteiger partial charge in [0.15, 0.2) is 0 Å². The van der Waals surface area contributed by atoms with Crippen LogP contribution in [0.25, 0.3) is 0 Å². The molecule has 1 unspecified atom stereocenters. The molecule has 17 heavy (non-hydrogen) atoms. The van der Waals surface area contributed by atoms with Crippen molar-refractivity contribution in [1.82, 2.24) is 5.32 Å². The highest BCUT2D eigenvalue weighted by atomic mass is 127. The second kappa shape index (κ2) is 6.31. The fourth-order valence-electron chi connectivity index (χ4n) is 1.81. The van der Waals surface area contributed by atoms with Gasteiger partial charge in [-0.2, -0.15) is 0 Å². The van der Waals surface area contributed by atoms with Crippen LogP contribution in [0.2, 0.25) is 0 Å². The number of halogens is 1. The molecule has 1 nitrogen and oxygen atoms in total. The third-order valence-electron chi connectivity index (χ3n) is 2.60. The summed E-state index contributed by atoms with van der Waals surface area (Å²) < 4.78 is 1.35. The van der Waals surface area contributed by atoms with Crippen molar-refractivity contribution in [3.63, 3.8) is 0 Å². The van der Waals surface area contributed by atoms with E-state index in [9.17, 15) is 0 Å². The molecule has 92 valence electrons. The van der Waals surface area contributed by atoms with Crippen molar-refractivity contribution in [2.45, 2.75) is 26.3 Å². The smallest absolute Gasteiger partial charge is 0.0656 e. The first kappa shape index (κ1) is 13.5. The second-order valence-electron chi connectivity index (χ2n) is 4.06. The molecule has 4 heteroatoms. The normalized spacial score (nSPS) is 12.9. The molecule has 2 aromatic rings. The first-order chi connectivity index (χ1) is 8.20. The summed E-state index contributed by atoms with van der Waals surface area (Å²) in [6.07, 6.45) is 1.17. The van der Waals surface area contributed by atoms with Gasteiger partial charge < -0.3 is 5.32 Å². The SMILES string of the molecule is CCCNC(c1csc(C)c1)c1csc(I)c1. The van der Waals surface area contributed by atoms with Crippen LogP contribution in [-0.2, 0) is 0 Å². The van der Waals surface area contributed by atoms with E-state index >= 15 is 0 Å². The minimum Gasteiger partial charge on any atom is -0.306 e. The third-order valence-corrected chi connectivity index (χ3v) is 5.29. The quantitative estimate of drug-likeness (QED) is 0.738. The fraction of sp³-hybridized carbons (Fsp3) is 0.385. The molecule has 0 fully saturated rings. The molecule has 0 saturated heterocycles. The molecule has 0 amide bonds. The molecule has 2 heterocycles. The molecule has 0 bridgehead atoms. The van der Waals surface area contributed by atoms with Crippen molar-refractivity contribution >= 4 is 45.3 Å². The monoisotopic (exact) mass is 377 g/mol. The van der Waals surface area contributed by atoms with Gasteiger partial charge in [-0.15, -0.1) is 22.7 Å². The third kappa shape index (κ3) is 3.53. The lowest BCUT2D eigenvalue weighted by Crippen LogP contribution is -2.22. The topological polar surface area (TPSA) is 12.0 Å². The van der Waals surface area contributed by atoms with Gasteiger partial charge in [-0.25, -0.2) is 0 Å². The van der Waals surface area contributed by atoms with Crippen LogP contribution in [0.1, 0.15) is 35.4 Å². The van der Waals surface area contributed by atoms with Crippen LogP contribution in [0.15, 0.2) is 22.9 Å². The summed E-state index contributed by atoms with van der Waals surface area (Å²) in [7, 11) is 0. The maximum absolute atomic E-state index is 3.64. The Hall–Kier alpha value is 0.0900. The zero-order chi connectivity index (χ0) is 12.3. The van der Waals surface area contributed by atoms with E-state index in [-0.39, 0.29) is 0 Å². The number of nitrogens with one attached hydrogen (secondary N) is 1. The molecule has 1 N–H and O–H groups in total. The van der Waals surface area contributed by atoms with E-state index in [2.05, 4.69) is 64.6 Å². The number of aryl methyl sites for hydroxylation is 1. The molecule has 2 rings (SSSR count). The maximum Gasteiger partial charge on any atom is 0.0656 e. The molecule has 2 aromatic heterocycles. The minimum atomic E-state index is 0.361. The summed E-state index contributed by atoms with van der Waals surface area (Å²) in [5.41, 5.74) is 2.79. The van der Waals surface area contributed by atoms with Crippen molar-refractivity contribution in [2.75, 3.05) is 6.54 Å². The largest absolute Gasteiger partial charge is 0.306 e. The van der Waals surface area contributed by atoms with Gasteiger partial charge in [0.2, 0.25) is 0 Å². The van der Waals surface area contributed by atoms with Gasteiger partial charge in [0.1, 0.15) is 0 Å². The number of hydrogen-bond donors (Lipinski definition) is 1. The zero-order valence-electron chi connectivity index (χ0n) is 10.00. The molecule has 0 saturated carbocycles. The first-order valence-corrected chi connectivity index (χ1v) is 8.57. The van der Waals surface area contributed by atoms with Crippen molar-refractivity contribution in [3.8, 4) is 0 Å². The summed E-state index contributed by atoms with van der Waals surface area (Å²) in [6, 6.07) is 4.94. The number of thiophene rings is 2. The predicted molar refractivity (Wildman–Crippen MR) is 86.2 cm³/mol. The molecule has 1 atom stereocenters. The summed E-state index contributed by atoms with van der Waals surface area (Å²) in [6.45, 7) is 5.44. The Morgan fingerprint density at radius 2 is 1.94 bits per heavy atom. The zero-order valence-corrected chi connectivity index (χ0v) is 13.8. The Labute approximate surface area is 124 Å². The van der Waals surface area contributed by atoms with Crippen LogP contribution < -0.4 is 5.32 Å². The highest BCUT2D eigenvalue weighted by Gasteiger charge is 2.15. The molecule has 0 spiro atoms. The van der Waals surface area contributed by atoms with Gasteiger partial charge in [0.05, 0.1) is 8.93 Å².